The molecule has 8 aromatic carbocycles. The summed E-state index contributed by atoms with van der Waals surface area (Å²) in [5, 5.41) is 7.36. The van der Waals surface area contributed by atoms with E-state index in [1.54, 1.807) is 0 Å². The van der Waals surface area contributed by atoms with Crippen molar-refractivity contribution < 1.29 is 0 Å². The van der Waals surface area contributed by atoms with Crippen molar-refractivity contribution in [3.8, 4) is 0 Å². The van der Waals surface area contributed by atoms with Crippen LogP contribution in [0.5, 0.6) is 0 Å². The molecule has 0 aliphatic carbocycles. The molecular weight excluding hydrogens is 532 g/mol. The summed E-state index contributed by atoms with van der Waals surface area (Å²) in [5.41, 5.74) is 6.79. The van der Waals surface area contributed by atoms with E-state index in [1.807, 2.05) is 0 Å². The summed E-state index contributed by atoms with van der Waals surface area (Å²) in [7, 11) is 0. The third-order valence-electron chi connectivity index (χ3n) is 8.41. The molecule has 0 saturated carbocycles. The van der Waals surface area contributed by atoms with Crippen LogP contribution in [0.3, 0.4) is 0 Å². The van der Waals surface area contributed by atoms with Gasteiger partial charge in [0, 0.05) is 33.2 Å². The maximum atomic E-state index is 2.42. The Morgan fingerprint density at radius 1 is 0.227 bits per heavy atom. The zero-order chi connectivity index (χ0) is 29.3. The van der Waals surface area contributed by atoms with Crippen molar-refractivity contribution in [3.63, 3.8) is 0 Å². The molecule has 0 atom stereocenters. The molecule has 0 unspecified atom stereocenters. The van der Waals surface area contributed by atoms with Gasteiger partial charge in [0.25, 0.3) is 0 Å². The SMILES string of the molecule is c1ccc(N(c2ccccc2)c2ccc(N(c3ccccc3)c3cccc4c3ccc3ccccc34)c3ccccc23)cc1. The highest BCUT2D eigenvalue weighted by atomic mass is 15.2. The standard InChI is InChI=1S/C42H30N2/c1-4-16-32(17-5-1)43(33-18-6-2-7-19-33)41-29-30-42(38-24-13-12-23-37(38)41)44(34-20-8-3-9-21-34)40-26-14-25-36-35-22-11-10-15-31(35)27-28-39(36)40/h1-30H. The molecule has 0 heterocycles. The van der Waals surface area contributed by atoms with Crippen LogP contribution in [0.4, 0.5) is 34.1 Å². The number of rotatable bonds is 6. The summed E-state index contributed by atoms with van der Waals surface area (Å²) < 4.78 is 0. The van der Waals surface area contributed by atoms with Crippen molar-refractivity contribution in [1.82, 2.24) is 0 Å². The number of fused-ring (bicyclic) bond motifs is 4. The summed E-state index contributed by atoms with van der Waals surface area (Å²) in [6, 6.07) is 65.1. The molecule has 0 aliphatic rings. The Hall–Kier alpha value is -5.86. The Bertz CT molecular complexity index is 2190. The average molecular weight is 563 g/mol. The van der Waals surface area contributed by atoms with E-state index < -0.39 is 0 Å². The Balaban J connectivity index is 1.40. The Morgan fingerprint density at radius 2 is 0.636 bits per heavy atom. The van der Waals surface area contributed by atoms with Gasteiger partial charge in [-0.3, -0.25) is 0 Å². The predicted molar refractivity (Wildman–Crippen MR) is 188 cm³/mol. The fraction of sp³-hybridized carbons (Fsp3) is 0. The predicted octanol–water partition coefficient (Wildman–Crippen LogP) is 12.1. The fourth-order valence-corrected chi connectivity index (χ4v) is 6.44. The molecule has 0 spiro atoms. The monoisotopic (exact) mass is 562 g/mol. The lowest BCUT2D eigenvalue weighted by Crippen LogP contribution is -2.13. The van der Waals surface area contributed by atoms with Crippen LogP contribution in [0, 0.1) is 0 Å². The second-order valence-electron chi connectivity index (χ2n) is 11.0. The van der Waals surface area contributed by atoms with Gasteiger partial charge in [0.2, 0.25) is 0 Å². The van der Waals surface area contributed by atoms with Gasteiger partial charge in [-0.2, -0.15) is 0 Å². The molecule has 44 heavy (non-hydrogen) atoms. The largest absolute Gasteiger partial charge is 0.310 e. The average Bonchev–Trinajstić information content (AvgIpc) is 3.10. The number of benzene rings is 8. The van der Waals surface area contributed by atoms with Crippen LogP contribution < -0.4 is 9.80 Å². The van der Waals surface area contributed by atoms with Gasteiger partial charge in [0.05, 0.1) is 17.1 Å². The molecule has 0 fully saturated rings. The van der Waals surface area contributed by atoms with Gasteiger partial charge in [-0.1, -0.05) is 127 Å². The van der Waals surface area contributed by atoms with Gasteiger partial charge < -0.3 is 9.80 Å². The van der Waals surface area contributed by atoms with Crippen LogP contribution in [0.2, 0.25) is 0 Å². The quantitative estimate of drug-likeness (QED) is 0.186. The summed E-state index contributed by atoms with van der Waals surface area (Å²) in [4.78, 5) is 4.77. The maximum absolute atomic E-state index is 2.42. The number of para-hydroxylation sites is 3. The first-order valence-electron chi connectivity index (χ1n) is 15.0. The minimum Gasteiger partial charge on any atom is -0.310 e. The maximum Gasteiger partial charge on any atom is 0.0541 e. The van der Waals surface area contributed by atoms with E-state index in [4.69, 9.17) is 0 Å². The van der Waals surface area contributed by atoms with E-state index in [-0.39, 0.29) is 0 Å². The molecule has 2 nitrogen and oxygen atoms in total. The van der Waals surface area contributed by atoms with E-state index in [0.29, 0.717) is 0 Å². The molecule has 0 N–H and O–H groups in total. The van der Waals surface area contributed by atoms with Gasteiger partial charge in [-0.05, 0) is 70.8 Å². The van der Waals surface area contributed by atoms with Crippen LogP contribution in [0.25, 0.3) is 32.3 Å². The van der Waals surface area contributed by atoms with Gasteiger partial charge >= 0.3 is 0 Å². The summed E-state index contributed by atoms with van der Waals surface area (Å²) >= 11 is 0. The van der Waals surface area contributed by atoms with Crippen molar-refractivity contribution in [1.29, 1.82) is 0 Å². The van der Waals surface area contributed by atoms with Gasteiger partial charge in [0.15, 0.2) is 0 Å². The first kappa shape index (κ1) is 25.8. The lowest BCUT2D eigenvalue weighted by molar-refractivity contribution is 1.28. The number of hydrogen-bond acceptors (Lipinski definition) is 2. The topological polar surface area (TPSA) is 6.48 Å². The summed E-state index contributed by atoms with van der Waals surface area (Å²) in [6.45, 7) is 0. The van der Waals surface area contributed by atoms with Crippen LogP contribution in [0.15, 0.2) is 182 Å². The van der Waals surface area contributed by atoms with Crippen molar-refractivity contribution >= 4 is 66.4 Å². The van der Waals surface area contributed by atoms with Gasteiger partial charge in [0.1, 0.15) is 0 Å². The fourth-order valence-electron chi connectivity index (χ4n) is 6.44. The van der Waals surface area contributed by atoms with Crippen molar-refractivity contribution in [2.24, 2.45) is 0 Å². The van der Waals surface area contributed by atoms with E-state index in [1.165, 1.54) is 32.3 Å². The van der Waals surface area contributed by atoms with E-state index >= 15 is 0 Å². The summed E-state index contributed by atoms with van der Waals surface area (Å²) in [5.74, 6) is 0. The molecule has 0 bridgehead atoms. The number of anilines is 6. The Labute approximate surface area is 257 Å². The van der Waals surface area contributed by atoms with Crippen molar-refractivity contribution in [3.05, 3.63) is 182 Å². The molecule has 0 saturated heterocycles. The van der Waals surface area contributed by atoms with E-state index in [9.17, 15) is 0 Å². The van der Waals surface area contributed by atoms with Crippen molar-refractivity contribution in [2.45, 2.75) is 0 Å². The third kappa shape index (κ3) is 4.45. The van der Waals surface area contributed by atoms with E-state index in [0.717, 1.165) is 34.1 Å². The second-order valence-corrected chi connectivity index (χ2v) is 11.0. The Kier molecular flexibility index (Phi) is 6.51. The zero-order valence-electron chi connectivity index (χ0n) is 24.2. The molecule has 0 amide bonds. The minimum atomic E-state index is 1.12. The molecule has 8 rings (SSSR count). The lowest BCUT2D eigenvalue weighted by Gasteiger charge is -2.31. The van der Waals surface area contributed by atoms with Crippen LogP contribution >= 0.6 is 0 Å². The zero-order valence-corrected chi connectivity index (χ0v) is 24.2. The molecule has 2 heteroatoms. The Morgan fingerprint density at radius 3 is 1.23 bits per heavy atom. The highest BCUT2D eigenvalue weighted by Gasteiger charge is 2.21. The smallest absolute Gasteiger partial charge is 0.0541 e. The molecular formula is C42H30N2. The molecule has 0 aromatic heterocycles. The first-order chi connectivity index (χ1) is 21.9. The first-order valence-corrected chi connectivity index (χ1v) is 15.0. The van der Waals surface area contributed by atoms with Crippen molar-refractivity contribution in [2.75, 3.05) is 9.80 Å². The van der Waals surface area contributed by atoms with Crippen LogP contribution in [-0.2, 0) is 0 Å². The van der Waals surface area contributed by atoms with Crippen LogP contribution in [0.1, 0.15) is 0 Å². The normalized spacial score (nSPS) is 11.2. The van der Waals surface area contributed by atoms with Gasteiger partial charge in [-0.15, -0.1) is 0 Å². The highest BCUT2D eigenvalue weighted by molar-refractivity contribution is 6.14. The minimum absolute atomic E-state index is 1.12. The molecule has 208 valence electrons. The molecule has 0 radical (unpaired) electrons. The number of nitrogens with zero attached hydrogens (tertiary/aromatic N) is 2. The summed E-state index contributed by atoms with van der Waals surface area (Å²) in [6.07, 6.45) is 0. The second kappa shape index (κ2) is 11.1. The number of hydrogen-bond donors (Lipinski definition) is 0. The van der Waals surface area contributed by atoms with Crippen LogP contribution in [-0.4, -0.2) is 0 Å². The van der Waals surface area contributed by atoms with Gasteiger partial charge in [-0.25, -0.2) is 0 Å². The van der Waals surface area contributed by atoms with E-state index in [2.05, 4.69) is 192 Å². The highest BCUT2D eigenvalue weighted by Crippen LogP contribution is 2.46. The molecule has 8 aromatic rings. The lowest BCUT2D eigenvalue weighted by atomic mass is 9.98. The molecule has 0 aliphatic heterocycles. The third-order valence-corrected chi connectivity index (χ3v) is 8.41.